The van der Waals surface area contributed by atoms with Crippen LogP contribution >= 0.6 is 0 Å². The molecule has 2 aliphatic rings. The van der Waals surface area contributed by atoms with Crippen molar-refractivity contribution in [2.75, 3.05) is 0 Å². The number of rotatable bonds is 3. The van der Waals surface area contributed by atoms with Crippen LogP contribution in [0.3, 0.4) is 0 Å². The first-order valence-electron chi connectivity index (χ1n) is 6.44. The monoisotopic (exact) mass is 228 g/mol. The molecule has 2 fully saturated rings. The molecule has 2 aliphatic heterocycles. The van der Waals surface area contributed by atoms with Crippen LogP contribution in [0.2, 0.25) is 0 Å². The summed E-state index contributed by atoms with van der Waals surface area (Å²) in [5.41, 5.74) is 0. The summed E-state index contributed by atoms with van der Waals surface area (Å²) in [5, 5.41) is 0. The Morgan fingerprint density at radius 3 is 2.50 bits per heavy atom. The van der Waals surface area contributed by atoms with Crippen molar-refractivity contribution < 1.29 is 14.2 Å². The van der Waals surface area contributed by atoms with Crippen molar-refractivity contribution in [3.05, 3.63) is 0 Å². The van der Waals surface area contributed by atoms with Gasteiger partial charge in [-0.05, 0) is 26.2 Å². The van der Waals surface area contributed by atoms with Gasteiger partial charge in [0.05, 0.1) is 6.10 Å². The van der Waals surface area contributed by atoms with Crippen LogP contribution in [0.1, 0.15) is 47.5 Å². The zero-order valence-corrected chi connectivity index (χ0v) is 11.0. The van der Waals surface area contributed by atoms with E-state index in [4.69, 9.17) is 14.2 Å². The number of hydrogen-bond acceptors (Lipinski definition) is 3. The van der Waals surface area contributed by atoms with Crippen molar-refractivity contribution in [3.8, 4) is 0 Å². The Bertz CT molecular complexity index is 252. The lowest BCUT2D eigenvalue weighted by atomic mass is 9.92. The number of hydrogen-bond donors (Lipinski definition) is 0. The summed E-state index contributed by atoms with van der Waals surface area (Å²) in [4.78, 5) is 0. The van der Waals surface area contributed by atoms with Gasteiger partial charge in [-0.25, -0.2) is 0 Å². The molecule has 0 aromatic heterocycles. The normalized spacial score (nSPS) is 43.3. The van der Waals surface area contributed by atoms with Gasteiger partial charge in [-0.15, -0.1) is 0 Å². The van der Waals surface area contributed by atoms with Gasteiger partial charge < -0.3 is 14.2 Å². The second-order valence-electron chi connectivity index (χ2n) is 5.75. The van der Waals surface area contributed by atoms with Gasteiger partial charge in [0, 0.05) is 5.92 Å². The molecule has 0 N–H and O–H groups in total. The van der Waals surface area contributed by atoms with E-state index in [2.05, 4.69) is 20.8 Å². The highest BCUT2D eigenvalue weighted by Gasteiger charge is 2.52. The van der Waals surface area contributed by atoms with E-state index < -0.39 is 5.79 Å². The fraction of sp³-hybridized carbons (Fsp3) is 1.00. The van der Waals surface area contributed by atoms with Crippen molar-refractivity contribution in [2.45, 2.75) is 71.7 Å². The largest absolute Gasteiger partial charge is 0.346 e. The average Bonchev–Trinajstić information content (AvgIpc) is 2.63. The van der Waals surface area contributed by atoms with E-state index in [1.54, 1.807) is 0 Å². The van der Waals surface area contributed by atoms with E-state index in [-0.39, 0.29) is 12.4 Å². The summed E-state index contributed by atoms with van der Waals surface area (Å²) >= 11 is 0. The standard InChI is InChI=1S/C13H24O3/c1-6-8(2)7-10-9(3)11-12(14-10)16-13(4,5)15-11/h8-12H,6-7H2,1-5H3/t8-,9+,10-,11-,12-/m1/s1. The molecule has 94 valence electrons. The minimum absolute atomic E-state index is 0.115. The first-order chi connectivity index (χ1) is 7.43. The third-order valence-electron chi connectivity index (χ3n) is 3.83. The van der Waals surface area contributed by atoms with Crippen LogP contribution in [0.25, 0.3) is 0 Å². The molecule has 0 saturated carbocycles. The smallest absolute Gasteiger partial charge is 0.187 e. The van der Waals surface area contributed by atoms with Crippen molar-refractivity contribution in [1.82, 2.24) is 0 Å². The third kappa shape index (κ3) is 2.27. The molecule has 5 atom stereocenters. The molecular formula is C13H24O3. The first kappa shape index (κ1) is 12.3. The van der Waals surface area contributed by atoms with E-state index in [0.29, 0.717) is 17.9 Å². The molecule has 0 unspecified atom stereocenters. The van der Waals surface area contributed by atoms with Crippen molar-refractivity contribution >= 4 is 0 Å². The van der Waals surface area contributed by atoms with E-state index in [1.807, 2.05) is 13.8 Å². The summed E-state index contributed by atoms with van der Waals surface area (Å²) in [6.45, 7) is 10.6. The lowest BCUT2D eigenvalue weighted by Gasteiger charge is -2.25. The zero-order chi connectivity index (χ0) is 11.9. The van der Waals surface area contributed by atoms with Crippen LogP contribution in [0.4, 0.5) is 0 Å². The van der Waals surface area contributed by atoms with E-state index in [0.717, 1.165) is 6.42 Å². The Labute approximate surface area is 98.4 Å². The maximum atomic E-state index is 5.96. The Balaban J connectivity index is 1.95. The van der Waals surface area contributed by atoms with E-state index >= 15 is 0 Å². The van der Waals surface area contributed by atoms with Crippen LogP contribution in [-0.2, 0) is 14.2 Å². The number of fused-ring (bicyclic) bond motifs is 1. The fourth-order valence-electron chi connectivity index (χ4n) is 2.56. The Morgan fingerprint density at radius 1 is 1.25 bits per heavy atom. The molecule has 2 heterocycles. The highest BCUT2D eigenvalue weighted by atomic mass is 16.8. The highest BCUT2D eigenvalue weighted by Crippen LogP contribution is 2.42. The second-order valence-corrected chi connectivity index (χ2v) is 5.75. The predicted molar refractivity (Wildman–Crippen MR) is 61.9 cm³/mol. The maximum Gasteiger partial charge on any atom is 0.187 e. The lowest BCUT2D eigenvalue weighted by molar-refractivity contribution is -0.210. The van der Waals surface area contributed by atoms with Crippen molar-refractivity contribution in [2.24, 2.45) is 11.8 Å². The van der Waals surface area contributed by atoms with E-state index in [9.17, 15) is 0 Å². The van der Waals surface area contributed by atoms with Crippen LogP contribution in [0, 0.1) is 11.8 Å². The molecule has 3 nitrogen and oxygen atoms in total. The Kier molecular flexibility index (Phi) is 3.30. The summed E-state index contributed by atoms with van der Waals surface area (Å²) in [6.07, 6.45) is 2.57. The third-order valence-corrected chi connectivity index (χ3v) is 3.83. The quantitative estimate of drug-likeness (QED) is 0.743. The highest BCUT2D eigenvalue weighted by molar-refractivity contribution is 4.90. The van der Waals surface area contributed by atoms with Crippen molar-refractivity contribution in [1.29, 1.82) is 0 Å². The molecule has 3 heteroatoms. The van der Waals surface area contributed by atoms with Crippen molar-refractivity contribution in [3.63, 3.8) is 0 Å². The molecule has 0 spiro atoms. The van der Waals surface area contributed by atoms with Gasteiger partial charge in [-0.3, -0.25) is 0 Å². The van der Waals surface area contributed by atoms with Crippen LogP contribution < -0.4 is 0 Å². The summed E-state index contributed by atoms with van der Waals surface area (Å²) in [5.74, 6) is 0.658. The molecule has 0 aromatic carbocycles. The van der Waals surface area contributed by atoms with Gasteiger partial charge in [0.2, 0.25) is 0 Å². The maximum absolute atomic E-state index is 5.96. The molecular weight excluding hydrogens is 204 g/mol. The van der Waals surface area contributed by atoms with Gasteiger partial charge in [-0.2, -0.15) is 0 Å². The molecule has 0 radical (unpaired) electrons. The second kappa shape index (κ2) is 4.28. The molecule has 16 heavy (non-hydrogen) atoms. The van der Waals surface area contributed by atoms with Gasteiger partial charge in [0.15, 0.2) is 12.1 Å². The van der Waals surface area contributed by atoms with Crippen LogP contribution in [0.15, 0.2) is 0 Å². The molecule has 2 rings (SSSR count). The van der Waals surface area contributed by atoms with E-state index in [1.165, 1.54) is 6.42 Å². The minimum Gasteiger partial charge on any atom is -0.346 e. The van der Waals surface area contributed by atoms with Crippen LogP contribution in [-0.4, -0.2) is 24.3 Å². The molecule has 0 aromatic rings. The lowest BCUT2D eigenvalue weighted by Crippen LogP contribution is -2.29. The van der Waals surface area contributed by atoms with Gasteiger partial charge in [0.25, 0.3) is 0 Å². The molecule has 0 bridgehead atoms. The number of ether oxygens (including phenoxy) is 3. The summed E-state index contributed by atoms with van der Waals surface area (Å²) in [6, 6.07) is 0. The SMILES string of the molecule is CC[C@@H](C)C[C@H]1O[C@@H]2OC(C)(C)O[C@@H]2[C@H]1C. The molecule has 2 saturated heterocycles. The predicted octanol–water partition coefficient (Wildman–Crippen LogP) is 2.94. The molecule has 0 aliphatic carbocycles. The van der Waals surface area contributed by atoms with Gasteiger partial charge in [-0.1, -0.05) is 27.2 Å². The van der Waals surface area contributed by atoms with Gasteiger partial charge in [0.1, 0.15) is 6.10 Å². The zero-order valence-electron chi connectivity index (χ0n) is 11.0. The first-order valence-corrected chi connectivity index (χ1v) is 6.44. The van der Waals surface area contributed by atoms with Gasteiger partial charge >= 0.3 is 0 Å². The topological polar surface area (TPSA) is 27.7 Å². The fourth-order valence-corrected chi connectivity index (χ4v) is 2.56. The summed E-state index contributed by atoms with van der Waals surface area (Å²) in [7, 11) is 0. The molecule has 0 amide bonds. The summed E-state index contributed by atoms with van der Waals surface area (Å²) < 4.78 is 17.6. The Morgan fingerprint density at radius 2 is 1.94 bits per heavy atom. The minimum atomic E-state index is -0.481. The van der Waals surface area contributed by atoms with Crippen LogP contribution in [0.5, 0.6) is 0 Å². The Hall–Kier alpha value is -0.120. The average molecular weight is 228 g/mol.